The Morgan fingerprint density at radius 2 is 1.73 bits per heavy atom. The van der Waals surface area contributed by atoms with E-state index in [9.17, 15) is 19.2 Å². The number of carbonyl (C=O) groups is 4. The average Bonchev–Trinajstić information content (AvgIpc) is 2.87. The summed E-state index contributed by atoms with van der Waals surface area (Å²) in [4.78, 5) is 53.0. The zero-order valence-electron chi connectivity index (χ0n) is 14.9. The number of carbonyl (C=O) groups excluding carboxylic acids is 4. The number of benzene rings is 1. The lowest BCUT2D eigenvalue weighted by Crippen LogP contribution is -2.49. The van der Waals surface area contributed by atoms with E-state index in [0.29, 0.717) is 6.54 Å². The number of urea groups is 1. The van der Waals surface area contributed by atoms with Crippen molar-refractivity contribution in [3.05, 3.63) is 35.9 Å². The van der Waals surface area contributed by atoms with Gasteiger partial charge in [-0.1, -0.05) is 37.3 Å². The average molecular weight is 357 g/mol. The minimum absolute atomic E-state index is 0.0240. The minimum atomic E-state index is -0.927. The second-order valence-corrected chi connectivity index (χ2v) is 6.70. The summed E-state index contributed by atoms with van der Waals surface area (Å²) in [6.07, 6.45) is 3.77. The van der Waals surface area contributed by atoms with Gasteiger partial charge in [-0.15, -0.1) is 0 Å². The van der Waals surface area contributed by atoms with Crippen molar-refractivity contribution in [3.8, 4) is 0 Å². The number of hydrogen-bond acceptors (Lipinski definition) is 4. The normalized spacial score (nSPS) is 20.9. The van der Waals surface area contributed by atoms with Crippen LogP contribution >= 0.6 is 0 Å². The Kier molecular flexibility index (Phi) is 5.35. The van der Waals surface area contributed by atoms with Gasteiger partial charge in [-0.05, 0) is 31.2 Å². The number of piperidine rings is 1. The zero-order chi connectivity index (χ0) is 18.7. The van der Waals surface area contributed by atoms with Crippen LogP contribution in [0.15, 0.2) is 30.3 Å². The van der Waals surface area contributed by atoms with Crippen molar-refractivity contribution in [1.29, 1.82) is 0 Å². The minimum Gasteiger partial charge on any atom is -0.338 e. The number of rotatable bonds is 5. The van der Waals surface area contributed by atoms with Gasteiger partial charge < -0.3 is 4.90 Å². The molecule has 1 atom stereocenters. The van der Waals surface area contributed by atoms with Crippen LogP contribution in [0.4, 0.5) is 4.79 Å². The Balaban J connectivity index is 1.70. The molecule has 7 nitrogen and oxygen atoms in total. The van der Waals surface area contributed by atoms with E-state index in [1.54, 1.807) is 29.2 Å². The number of nitrogens with zero attached hydrogens (tertiary/aromatic N) is 3. The van der Waals surface area contributed by atoms with Crippen molar-refractivity contribution in [2.24, 2.45) is 0 Å². The van der Waals surface area contributed by atoms with Gasteiger partial charge in [0, 0.05) is 12.6 Å². The predicted octanol–water partition coefficient (Wildman–Crippen LogP) is 1.77. The van der Waals surface area contributed by atoms with Gasteiger partial charge in [0.15, 0.2) is 0 Å². The van der Waals surface area contributed by atoms with Crippen LogP contribution in [0.1, 0.15) is 38.2 Å². The molecule has 2 aliphatic rings. The SMILES string of the molecule is CC[C@@H]1CCCCN1C(=O)CN1C(=O)C(=O)N(Cc2ccccc2)C1=O. The predicted molar refractivity (Wildman–Crippen MR) is 93.7 cm³/mol. The highest BCUT2D eigenvalue weighted by Gasteiger charge is 2.45. The summed E-state index contributed by atoms with van der Waals surface area (Å²) in [6, 6.07) is 8.39. The van der Waals surface area contributed by atoms with Crippen molar-refractivity contribution >= 4 is 23.8 Å². The number of hydrogen-bond donors (Lipinski definition) is 0. The van der Waals surface area contributed by atoms with Gasteiger partial charge in [0.25, 0.3) is 0 Å². The molecule has 5 amide bonds. The number of likely N-dealkylation sites (tertiary alicyclic amines) is 1. The van der Waals surface area contributed by atoms with Gasteiger partial charge in [0.1, 0.15) is 6.54 Å². The van der Waals surface area contributed by atoms with Gasteiger partial charge in [-0.25, -0.2) is 9.69 Å². The molecule has 0 aromatic heterocycles. The molecule has 2 fully saturated rings. The van der Waals surface area contributed by atoms with E-state index in [1.807, 2.05) is 13.0 Å². The molecule has 0 unspecified atom stereocenters. The van der Waals surface area contributed by atoms with Crippen LogP contribution in [0.5, 0.6) is 0 Å². The second kappa shape index (κ2) is 7.68. The van der Waals surface area contributed by atoms with E-state index >= 15 is 0 Å². The molecule has 2 saturated heterocycles. The Hall–Kier alpha value is -2.70. The third-order valence-corrected chi connectivity index (χ3v) is 5.03. The Bertz CT molecular complexity index is 719. The number of imide groups is 2. The molecule has 138 valence electrons. The fourth-order valence-electron chi connectivity index (χ4n) is 3.57. The maximum Gasteiger partial charge on any atom is 0.335 e. The van der Waals surface area contributed by atoms with Gasteiger partial charge in [0.2, 0.25) is 5.91 Å². The highest BCUT2D eigenvalue weighted by Crippen LogP contribution is 2.21. The maximum atomic E-state index is 12.6. The first-order valence-corrected chi connectivity index (χ1v) is 9.03. The molecule has 7 heteroatoms. The molecule has 0 N–H and O–H groups in total. The van der Waals surface area contributed by atoms with Gasteiger partial charge in [0.05, 0.1) is 6.54 Å². The number of amides is 5. The van der Waals surface area contributed by atoms with Gasteiger partial charge in [-0.2, -0.15) is 0 Å². The van der Waals surface area contributed by atoms with Crippen LogP contribution in [-0.4, -0.2) is 57.6 Å². The quantitative estimate of drug-likeness (QED) is 0.594. The van der Waals surface area contributed by atoms with Crippen LogP contribution in [0.3, 0.4) is 0 Å². The molecular formula is C19H23N3O4. The Morgan fingerprint density at radius 1 is 1.04 bits per heavy atom. The second-order valence-electron chi connectivity index (χ2n) is 6.70. The third-order valence-electron chi connectivity index (χ3n) is 5.03. The fourth-order valence-corrected chi connectivity index (χ4v) is 3.57. The first-order chi connectivity index (χ1) is 12.5. The highest BCUT2D eigenvalue weighted by atomic mass is 16.2. The van der Waals surface area contributed by atoms with Crippen LogP contribution in [0.25, 0.3) is 0 Å². The molecule has 26 heavy (non-hydrogen) atoms. The topological polar surface area (TPSA) is 78.0 Å². The van der Waals surface area contributed by atoms with E-state index in [1.165, 1.54) is 0 Å². The monoisotopic (exact) mass is 357 g/mol. The molecule has 0 bridgehead atoms. The van der Waals surface area contributed by atoms with Crippen molar-refractivity contribution in [2.45, 2.75) is 45.2 Å². The fraction of sp³-hybridized carbons (Fsp3) is 0.474. The lowest BCUT2D eigenvalue weighted by atomic mass is 10.00. The molecule has 1 aromatic rings. The van der Waals surface area contributed by atoms with Gasteiger partial charge in [-0.3, -0.25) is 19.3 Å². The maximum absolute atomic E-state index is 12.6. The smallest absolute Gasteiger partial charge is 0.335 e. The zero-order valence-corrected chi connectivity index (χ0v) is 14.9. The summed E-state index contributed by atoms with van der Waals surface area (Å²) in [7, 11) is 0. The third kappa shape index (κ3) is 3.47. The summed E-state index contributed by atoms with van der Waals surface area (Å²) in [5.74, 6) is -2.07. The first-order valence-electron chi connectivity index (χ1n) is 9.03. The molecular weight excluding hydrogens is 334 g/mol. The molecule has 0 saturated carbocycles. The Labute approximate surface area is 152 Å². The Morgan fingerprint density at radius 3 is 2.42 bits per heavy atom. The summed E-state index contributed by atoms with van der Waals surface area (Å²) in [6.45, 7) is 2.31. The van der Waals surface area contributed by atoms with Crippen molar-refractivity contribution in [1.82, 2.24) is 14.7 Å². The van der Waals surface area contributed by atoms with Gasteiger partial charge >= 0.3 is 17.8 Å². The first kappa shape index (κ1) is 18.1. The van der Waals surface area contributed by atoms with E-state index in [2.05, 4.69) is 0 Å². The summed E-state index contributed by atoms with van der Waals surface area (Å²) >= 11 is 0. The van der Waals surface area contributed by atoms with E-state index in [0.717, 1.165) is 41.0 Å². The molecule has 0 radical (unpaired) electrons. The molecule has 0 aliphatic carbocycles. The highest BCUT2D eigenvalue weighted by molar-refractivity contribution is 6.44. The van der Waals surface area contributed by atoms with Crippen molar-refractivity contribution in [2.75, 3.05) is 13.1 Å². The lowest BCUT2D eigenvalue weighted by molar-refractivity contribution is -0.145. The molecule has 2 aliphatic heterocycles. The standard InChI is InChI=1S/C19H23N3O4/c1-2-15-10-6-7-11-20(15)16(23)13-22-18(25)17(24)21(19(22)26)12-14-8-4-3-5-9-14/h3-5,8-9,15H,2,6-7,10-13H2,1H3/t15-/m1/s1. The molecule has 1 aromatic carbocycles. The summed E-state index contributed by atoms with van der Waals surface area (Å²) in [5.41, 5.74) is 0.747. The van der Waals surface area contributed by atoms with Crippen LogP contribution in [0, 0.1) is 0 Å². The summed E-state index contributed by atoms with van der Waals surface area (Å²) in [5, 5.41) is 0. The van der Waals surface area contributed by atoms with Crippen LogP contribution < -0.4 is 0 Å². The lowest BCUT2D eigenvalue weighted by Gasteiger charge is -2.35. The van der Waals surface area contributed by atoms with E-state index < -0.39 is 17.8 Å². The van der Waals surface area contributed by atoms with Crippen LogP contribution in [-0.2, 0) is 20.9 Å². The van der Waals surface area contributed by atoms with E-state index in [4.69, 9.17) is 0 Å². The largest absolute Gasteiger partial charge is 0.338 e. The van der Waals surface area contributed by atoms with Crippen molar-refractivity contribution in [3.63, 3.8) is 0 Å². The molecule has 2 heterocycles. The van der Waals surface area contributed by atoms with Crippen molar-refractivity contribution < 1.29 is 19.2 Å². The van der Waals surface area contributed by atoms with E-state index in [-0.39, 0.29) is 25.0 Å². The molecule has 0 spiro atoms. The van der Waals surface area contributed by atoms with Crippen LogP contribution in [0.2, 0.25) is 0 Å². The summed E-state index contributed by atoms with van der Waals surface area (Å²) < 4.78 is 0. The molecule has 3 rings (SSSR count).